The highest BCUT2D eigenvalue weighted by Crippen LogP contribution is 2.22. The molecule has 1 rings (SSSR count). The molecule has 0 radical (unpaired) electrons. The maximum Gasteiger partial charge on any atom is 0.149 e. The Morgan fingerprint density at radius 3 is 2.80 bits per heavy atom. The van der Waals surface area contributed by atoms with E-state index >= 15 is 0 Å². The van der Waals surface area contributed by atoms with Gasteiger partial charge < -0.3 is 0 Å². The number of nitrogens with zero attached hydrogens (tertiary/aromatic N) is 2. The molecular formula is C9H15ClN2O2S. The second-order valence-electron chi connectivity index (χ2n) is 3.54. The molecule has 0 bridgehead atoms. The number of aryl methyl sites for hydroxylation is 1. The number of alkyl halides is 1. The van der Waals surface area contributed by atoms with Crippen LogP contribution in [-0.4, -0.2) is 30.2 Å². The van der Waals surface area contributed by atoms with Crippen molar-refractivity contribution in [2.45, 2.75) is 25.3 Å². The van der Waals surface area contributed by atoms with Crippen LogP contribution in [0.2, 0.25) is 0 Å². The fourth-order valence-electron chi connectivity index (χ4n) is 1.16. The van der Waals surface area contributed by atoms with Crippen LogP contribution in [0.15, 0.2) is 12.4 Å². The summed E-state index contributed by atoms with van der Waals surface area (Å²) in [5.41, 5.74) is 0.938. The van der Waals surface area contributed by atoms with Gasteiger partial charge in [-0.3, -0.25) is 4.68 Å². The van der Waals surface area contributed by atoms with Crippen molar-refractivity contribution >= 4 is 21.4 Å². The molecule has 0 aliphatic heterocycles. The van der Waals surface area contributed by atoms with Crippen molar-refractivity contribution in [2.24, 2.45) is 0 Å². The number of aromatic nitrogens is 2. The number of halogens is 1. The van der Waals surface area contributed by atoms with Crippen molar-refractivity contribution in [3.05, 3.63) is 18.0 Å². The van der Waals surface area contributed by atoms with Gasteiger partial charge in [-0.15, -0.1) is 11.6 Å². The van der Waals surface area contributed by atoms with Gasteiger partial charge in [-0.25, -0.2) is 8.42 Å². The molecular weight excluding hydrogens is 236 g/mol. The maximum atomic E-state index is 10.9. The second kappa shape index (κ2) is 4.99. The molecule has 0 aliphatic rings. The highest BCUT2D eigenvalue weighted by Gasteiger charge is 2.09. The molecule has 0 saturated carbocycles. The van der Waals surface area contributed by atoms with Gasteiger partial charge in [-0.05, 0) is 6.42 Å². The van der Waals surface area contributed by atoms with Crippen molar-refractivity contribution in [1.82, 2.24) is 9.78 Å². The van der Waals surface area contributed by atoms with Gasteiger partial charge >= 0.3 is 0 Å². The molecule has 1 aromatic heterocycles. The van der Waals surface area contributed by atoms with Crippen LogP contribution < -0.4 is 0 Å². The lowest BCUT2D eigenvalue weighted by Crippen LogP contribution is -2.11. The minimum Gasteiger partial charge on any atom is -0.271 e. The molecule has 0 aliphatic carbocycles. The number of hydrogen-bond acceptors (Lipinski definition) is 3. The molecule has 15 heavy (non-hydrogen) atoms. The van der Waals surface area contributed by atoms with Gasteiger partial charge in [-0.1, -0.05) is 6.92 Å². The van der Waals surface area contributed by atoms with Crippen LogP contribution >= 0.6 is 11.6 Å². The third-order valence-electron chi connectivity index (χ3n) is 2.06. The summed E-state index contributed by atoms with van der Waals surface area (Å²) < 4.78 is 23.5. The van der Waals surface area contributed by atoms with Gasteiger partial charge in [0.2, 0.25) is 0 Å². The van der Waals surface area contributed by atoms with E-state index in [2.05, 4.69) is 5.10 Å². The Labute approximate surface area is 95.2 Å². The van der Waals surface area contributed by atoms with Crippen LogP contribution in [0.25, 0.3) is 0 Å². The fourth-order valence-corrected chi connectivity index (χ4v) is 1.79. The van der Waals surface area contributed by atoms with Gasteiger partial charge in [0, 0.05) is 18.0 Å². The van der Waals surface area contributed by atoms with E-state index < -0.39 is 9.84 Å². The van der Waals surface area contributed by atoms with Crippen LogP contribution in [0.1, 0.15) is 24.3 Å². The summed E-state index contributed by atoms with van der Waals surface area (Å²) in [6.45, 7) is 2.37. The zero-order chi connectivity index (χ0) is 11.5. The minimum atomic E-state index is -2.93. The molecule has 0 amide bonds. The monoisotopic (exact) mass is 250 g/mol. The molecule has 0 N–H and O–H groups in total. The zero-order valence-corrected chi connectivity index (χ0v) is 10.4. The molecule has 0 aromatic carbocycles. The molecule has 1 aromatic rings. The average Bonchev–Trinajstić information content (AvgIpc) is 2.61. The normalized spacial score (nSPS) is 14.1. The number of rotatable bonds is 5. The zero-order valence-electron chi connectivity index (χ0n) is 8.85. The van der Waals surface area contributed by atoms with E-state index in [0.29, 0.717) is 6.54 Å². The first-order valence-corrected chi connectivity index (χ1v) is 7.26. The lowest BCUT2D eigenvalue weighted by Gasteiger charge is -2.01. The maximum absolute atomic E-state index is 10.9. The summed E-state index contributed by atoms with van der Waals surface area (Å²) in [6, 6.07) is 0. The standard InChI is InChI=1S/C9H15ClN2O2S/c1-3-9(10)8-6-11-12(7-8)4-5-15(2,13)14/h6-7,9H,3-5H2,1-2H3. The molecule has 0 spiro atoms. The third kappa shape index (κ3) is 4.22. The Bertz CT molecular complexity index is 414. The van der Waals surface area contributed by atoms with E-state index in [0.717, 1.165) is 12.0 Å². The molecule has 6 heteroatoms. The predicted molar refractivity (Wildman–Crippen MR) is 60.8 cm³/mol. The van der Waals surface area contributed by atoms with Crippen LogP contribution in [-0.2, 0) is 16.4 Å². The van der Waals surface area contributed by atoms with E-state index in [1.54, 1.807) is 17.1 Å². The van der Waals surface area contributed by atoms with Gasteiger partial charge in [0.1, 0.15) is 9.84 Å². The summed E-state index contributed by atoms with van der Waals surface area (Å²) in [5.74, 6) is 0.104. The third-order valence-corrected chi connectivity index (χ3v) is 3.55. The Hall–Kier alpha value is -0.550. The molecule has 4 nitrogen and oxygen atoms in total. The van der Waals surface area contributed by atoms with Crippen molar-refractivity contribution in [3.63, 3.8) is 0 Å². The highest BCUT2D eigenvalue weighted by atomic mass is 35.5. The molecule has 0 fully saturated rings. The minimum absolute atomic E-state index is 0.0445. The quantitative estimate of drug-likeness (QED) is 0.747. The van der Waals surface area contributed by atoms with Gasteiger partial charge in [-0.2, -0.15) is 5.10 Å². The first-order valence-electron chi connectivity index (χ1n) is 4.76. The number of hydrogen-bond donors (Lipinski definition) is 0. The van der Waals surface area contributed by atoms with Crippen molar-refractivity contribution < 1.29 is 8.42 Å². The Balaban J connectivity index is 2.61. The lowest BCUT2D eigenvalue weighted by molar-refractivity contribution is 0.586. The summed E-state index contributed by atoms with van der Waals surface area (Å²) >= 11 is 6.02. The number of sulfone groups is 1. The van der Waals surface area contributed by atoms with Crippen LogP contribution in [0.3, 0.4) is 0 Å². The Morgan fingerprint density at radius 2 is 2.27 bits per heavy atom. The first kappa shape index (κ1) is 12.5. The largest absolute Gasteiger partial charge is 0.271 e. The van der Waals surface area contributed by atoms with Gasteiger partial charge in [0.25, 0.3) is 0 Å². The highest BCUT2D eigenvalue weighted by molar-refractivity contribution is 7.90. The van der Waals surface area contributed by atoms with Crippen molar-refractivity contribution in [2.75, 3.05) is 12.0 Å². The average molecular weight is 251 g/mol. The van der Waals surface area contributed by atoms with E-state index in [4.69, 9.17) is 11.6 Å². The molecule has 1 unspecified atom stereocenters. The molecule has 0 saturated heterocycles. The van der Waals surface area contributed by atoms with Crippen LogP contribution in [0, 0.1) is 0 Å². The molecule has 1 atom stereocenters. The lowest BCUT2D eigenvalue weighted by atomic mass is 10.2. The molecule has 1 heterocycles. The van der Waals surface area contributed by atoms with Gasteiger partial charge in [0.05, 0.1) is 23.9 Å². The van der Waals surface area contributed by atoms with Crippen LogP contribution in [0.4, 0.5) is 0 Å². The Kier molecular flexibility index (Phi) is 4.16. The molecule has 86 valence electrons. The topological polar surface area (TPSA) is 52.0 Å². The SMILES string of the molecule is CCC(Cl)c1cnn(CCS(C)(=O)=O)c1. The van der Waals surface area contributed by atoms with E-state index in [-0.39, 0.29) is 11.1 Å². The van der Waals surface area contributed by atoms with E-state index in [9.17, 15) is 8.42 Å². The second-order valence-corrected chi connectivity index (χ2v) is 6.33. The van der Waals surface area contributed by atoms with Crippen molar-refractivity contribution in [1.29, 1.82) is 0 Å². The summed E-state index contributed by atoms with van der Waals surface area (Å²) in [6.07, 6.45) is 5.53. The first-order chi connectivity index (χ1) is 6.92. The van der Waals surface area contributed by atoms with E-state index in [1.165, 1.54) is 6.26 Å². The summed E-state index contributed by atoms with van der Waals surface area (Å²) in [7, 11) is -2.93. The smallest absolute Gasteiger partial charge is 0.149 e. The summed E-state index contributed by atoms with van der Waals surface area (Å²) in [5, 5.41) is 4.01. The van der Waals surface area contributed by atoms with Gasteiger partial charge in [0.15, 0.2) is 0 Å². The van der Waals surface area contributed by atoms with Crippen LogP contribution in [0.5, 0.6) is 0 Å². The van der Waals surface area contributed by atoms with Crippen molar-refractivity contribution in [3.8, 4) is 0 Å². The summed E-state index contributed by atoms with van der Waals surface area (Å²) in [4.78, 5) is 0. The Morgan fingerprint density at radius 1 is 1.60 bits per heavy atom. The fraction of sp³-hybridized carbons (Fsp3) is 0.667. The predicted octanol–water partition coefficient (Wildman–Crippen LogP) is 1.62. The van der Waals surface area contributed by atoms with E-state index in [1.807, 2.05) is 6.92 Å².